The second kappa shape index (κ2) is 2.75. The molecule has 9 heavy (non-hydrogen) atoms. The van der Waals surface area contributed by atoms with Gasteiger partial charge in [0.05, 0.1) is 12.3 Å². The molecule has 1 aromatic heterocycles. The van der Waals surface area contributed by atoms with Crippen LogP contribution in [-0.4, -0.2) is 15.3 Å². The zero-order valence-electron chi connectivity index (χ0n) is 4.58. The fraction of sp³-hybridized carbons (Fsp3) is 0.200. The second-order valence-corrected chi connectivity index (χ2v) is 1.89. The molecule has 0 saturated carbocycles. The lowest BCUT2D eigenvalue weighted by Crippen LogP contribution is -1.90. The van der Waals surface area contributed by atoms with Crippen LogP contribution in [0.25, 0.3) is 0 Å². The molecule has 3 nitrogen and oxygen atoms in total. The molecule has 4 heteroatoms. The van der Waals surface area contributed by atoms with Crippen molar-refractivity contribution < 1.29 is 5.11 Å². The molecule has 0 saturated heterocycles. The molecule has 0 atom stereocenters. The predicted octanol–water partition coefficient (Wildman–Crippen LogP) is 0.622. The fourth-order valence-electron chi connectivity index (χ4n) is 0.428. The molecule has 0 bridgehead atoms. The lowest BCUT2D eigenvalue weighted by Gasteiger charge is -1.90. The number of halogens is 1. The lowest BCUT2D eigenvalue weighted by molar-refractivity contribution is 0.275. The van der Waals surface area contributed by atoms with Gasteiger partial charge in [-0.05, 0) is 12.1 Å². The largest absolute Gasteiger partial charge is 0.390 e. The molecular weight excluding hydrogens is 140 g/mol. The highest BCUT2D eigenvalue weighted by atomic mass is 35.5. The highest BCUT2D eigenvalue weighted by Gasteiger charge is 1.90. The Morgan fingerprint density at radius 1 is 1.44 bits per heavy atom. The monoisotopic (exact) mass is 144 g/mol. The van der Waals surface area contributed by atoms with Gasteiger partial charge in [-0.2, -0.15) is 5.10 Å². The number of aliphatic hydroxyl groups excluding tert-OH is 1. The number of hydrogen-bond acceptors (Lipinski definition) is 3. The van der Waals surface area contributed by atoms with Crippen molar-refractivity contribution >= 4 is 11.6 Å². The molecule has 0 amide bonds. The topological polar surface area (TPSA) is 46.0 Å². The maximum atomic E-state index is 8.48. The fourth-order valence-corrected chi connectivity index (χ4v) is 0.529. The molecule has 1 N–H and O–H groups in total. The zero-order chi connectivity index (χ0) is 6.69. The van der Waals surface area contributed by atoms with Crippen LogP contribution in [0.4, 0.5) is 0 Å². The van der Waals surface area contributed by atoms with Crippen LogP contribution in [0.3, 0.4) is 0 Å². The smallest absolute Gasteiger partial charge is 0.151 e. The summed E-state index contributed by atoms with van der Waals surface area (Å²) >= 11 is 5.41. The summed E-state index contributed by atoms with van der Waals surface area (Å²) in [5, 5.41) is 15.9. The van der Waals surface area contributed by atoms with E-state index in [9.17, 15) is 0 Å². The molecule has 0 aromatic carbocycles. The SMILES string of the molecule is OCc1ccc(Cl)nn1. The van der Waals surface area contributed by atoms with Gasteiger partial charge >= 0.3 is 0 Å². The second-order valence-electron chi connectivity index (χ2n) is 1.51. The zero-order valence-corrected chi connectivity index (χ0v) is 5.34. The minimum atomic E-state index is -0.0931. The minimum Gasteiger partial charge on any atom is -0.390 e. The highest BCUT2D eigenvalue weighted by Crippen LogP contribution is 2.00. The van der Waals surface area contributed by atoms with E-state index in [2.05, 4.69) is 10.2 Å². The van der Waals surface area contributed by atoms with Crippen molar-refractivity contribution in [1.82, 2.24) is 10.2 Å². The average molecular weight is 145 g/mol. The Bertz CT molecular complexity index is 187. The van der Waals surface area contributed by atoms with E-state index in [0.717, 1.165) is 0 Å². The highest BCUT2D eigenvalue weighted by molar-refractivity contribution is 6.29. The first-order chi connectivity index (χ1) is 4.33. The van der Waals surface area contributed by atoms with Crippen molar-refractivity contribution in [3.8, 4) is 0 Å². The number of aromatic nitrogens is 2. The van der Waals surface area contributed by atoms with Gasteiger partial charge in [0.1, 0.15) is 0 Å². The van der Waals surface area contributed by atoms with Crippen molar-refractivity contribution in [1.29, 1.82) is 0 Å². The quantitative estimate of drug-likeness (QED) is 0.629. The minimum absolute atomic E-state index is 0.0931. The van der Waals surface area contributed by atoms with Gasteiger partial charge in [-0.1, -0.05) is 11.6 Å². The van der Waals surface area contributed by atoms with Gasteiger partial charge in [-0.3, -0.25) is 0 Å². The van der Waals surface area contributed by atoms with E-state index in [1.807, 2.05) is 0 Å². The summed E-state index contributed by atoms with van der Waals surface area (Å²) in [5.41, 5.74) is 0.527. The first kappa shape index (κ1) is 6.45. The van der Waals surface area contributed by atoms with E-state index in [4.69, 9.17) is 16.7 Å². The van der Waals surface area contributed by atoms with Gasteiger partial charge < -0.3 is 5.11 Å². The Labute approximate surface area is 57.3 Å². The van der Waals surface area contributed by atoms with Crippen LogP contribution in [0.2, 0.25) is 5.15 Å². The first-order valence-corrected chi connectivity index (χ1v) is 2.79. The Kier molecular flexibility index (Phi) is 1.97. The molecule has 48 valence electrons. The van der Waals surface area contributed by atoms with E-state index in [1.165, 1.54) is 0 Å². The molecular formula is C5H5ClN2O. The maximum absolute atomic E-state index is 8.48. The first-order valence-electron chi connectivity index (χ1n) is 2.42. The standard InChI is InChI=1S/C5H5ClN2O/c6-5-2-1-4(3-9)7-8-5/h1-2,9H,3H2. The molecule has 0 radical (unpaired) electrons. The summed E-state index contributed by atoms with van der Waals surface area (Å²) in [7, 11) is 0. The molecule has 0 aliphatic heterocycles. The Balaban J connectivity index is 2.88. The molecule has 0 unspecified atom stereocenters. The molecule has 0 spiro atoms. The van der Waals surface area contributed by atoms with Crippen LogP contribution in [-0.2, 0) is 6.61 Å². The molecule has 0 fully saturated rings. The van der Waals surface area contributed by atoms with Crippen molar-refractivity contribution in [2.75, 3.05) is 0 Å². The summed E-state index contributed by atoms with van der Waals surface area (Å²) in [4.78, 5) is 0. The van der Waals surface area contributed by atoms with Crippen LogP contribution in [0.15, 0.2) is 12.1 Å². The molecule has 1 rings (SSSR count). The Hall–Kier alpha value is -0.670. The van der Waals surface area contributed by atoms with Gasteiger partial charge in [0.2, 0.25) is 0 Å². The van der Waals surface area contributed by atoms with Crippen molar-refractivity contribution in [3.05, 3.63) is 23.0 Å². The number of nitrogens with zero attached hydrogens (tertiary/aromatic N) is 2. The number of rotatable bonds is 1. The summed E-state index contributed by atoms with van der Waals surface area (Å²) < 4.78 is 0. The van der Waals surface area contributed by atoms with E-state index in [-0.39, 0.29) is 6.61 Å². The van der Waals surface area contributed by atoms with Crippen LogP contribution in [0.1, 0.15) is 5.69 Å². The Morgan fingerprint density at radius 3 is 2.67 bits per heavy atom. The van der Waals surface area contributed by atoms with E-state index in [1.54, 1.807) is 12.1 Å². The third-order valence-electron chi connectivity index (χ3n) is 0.849. The molecule has 0 aliphatic rings. The number of aliphatic hydroxyl groups is 1. The van der Waals surface area contributed by atoms with Gasteiger partial charge in [-0.25, -0.2) is 0 Å². The van der Waals surface area contributed by atoms with Crippen molar-refractivity contribution in [3.63, 3.8) is 0 Å². The van der Waals surface area contributed by atoms with Crippen LogP contribution >= 0.6 is 11.6 Å². The maximum Gasteiger partial charge on any atom is 0.151 e. The summed E-state index contributed by atoms with van der Waals surface area (Å²) in [6, 6.07) is 3.20. The van der Waals surface area contributed by atoms with Crippen LogP contribution in [0.5, 0.6) is 0 Å². The average Bonchev–Trinajstić information content (AvgIpc) is 1.90. The Morgan fingerprint density at radius 2 is 2.22 bits per heavy atom. The van der Waals surface area contributed by atoms with Gasteiger partial charge in [0.25, 0.3) is 0 Å². The normalized spacial score (nSPS) is 9.56. The molecule has 1 heterocycles. The van der Waals surface area contributed by atoms with Gasteiger partial charge in [0.15, 0.2) is 5.15 Å². The van der Waals surface area contributed by atoms with Crippen molar-refractivity contribution in [2.24, 2.45) is 0 Å². The van der Waals surface area contributed by atoms with Crippen LogP contribution < -0.4 is 0 Å². The van der Waals surface area contributed by atoms with Crippen LogP contribution in [0, 0.1) is 0 Å². The summed E-state index contributed by atoms with van der Waals surface area (Å²) in [5.74, 6) is 0. The third-order valence-corrected chi connectivity index (χ3v) is 1.05. The summed E-state index contributed by atoms with van der Waals surface area (Å²) in [6.45, 7) is -0.0931. The molecule has 0 aliphatic carbocycles. The number of hydrogen-bond donors (Lipinski definition) is 1. The van der Waals surface area contributed by atoms with Crippen molar-refractivity contribution in [2.45, 2.75) is 6.61 Å². The predicted molar refractivity (Wildman–Crippen MR) is 33.0 cm³/mol. The van der Waals surface area contributed by atoms with Gasteiger partial charge in [-0.15, -0.1) is 5.10 Å². The van der Waals surface area contributed by atoms with Gasteiger partial charge in [0, 0.05) is 0 Å². The van der Waals surface area contributed by atoms with E-state index >= 15 is 0 Å². The van der Waals surface area contributed by atoms with E-state index < -0.39 is 0 Å². The third kappa shape index (κ3) is 1.62. The van der Waals surface area contributed by atoms with E-state index in [0.29, 0.717) is 10.8 Å². The summed E-state index contributed by atoms with van der Waals surface area (Å²) in [6.07, 6.45) is 0. The lowest BCUT2D eigenvalue weighted by atomic mass is 10.4. The molecule has 1 aromatic rings.